The van der Waals surface area contributed by atoms with Crippen LogP contribution in [0.25, 0.3) is 0 Å². The van der Waals surface area contributed by atoms with Gasteiger partial charge in [-0.25, -0.2) is 4.39 Å². The zero-order valence-corrected chi connectivity index (χ0v) is 18.9. The number of guanidine groups is 1. The summed E-state index contributed by atoms with van der Waals surface area (Å²) in [5.74, 6) is 0.808. The Morgan fingerprint density at radius 1 is 1.32 bits per heavy atom. The molecule has 6 nitrogen and oxygen atoms in total. The number of rotatable bonds is 10. The van der Waals surface area contributed by atoms with Crippen molar-refractivity contribution in [2.45, 2.75) is 32.3 Å². The van der Waals surface area contributed by atoms with Crippen molar-refractivity contribution in [2.24, 2.45) is 10.9 Å². The average Bonchev–Trinajstić information content (AvgIpc) is 2.69. The average molecular weight is 509 g/mol. The molecular weight excluding hydrogens is 476 g/mol. The fraction of sp³-hybridized carbons (Fsp3) is 0.650. The van der Waals surface area contributed by atoms with E-state index in [2.05, 4.69) is 15.6 Å². The third-order valence-corrected chi connectivity index (χ3v) is 4.48. The maximum absolute atomic E-state index is 13.7. The lowest BCUT2D eigenvalue weighted by Crippen LogP contribution is -2.38. The van der Waals surface area contributed by atoms with Crippen LogP contribution in [0.15, 0.2) is 29.3 Å². The molecule has 8 heteroatoms. The molecule has 0 aromatic heterocycles. The minimum absolute atomic E-state index is 0. The normalized spacial score (nSPS) is 16.3. The largest absolute Gasteiger partial charge is 0.386 e. The van der Waals surface area contributed by atoms with Crippen molar-refractivity contribution in [2.75, 3.05) is 46.1 Å². The second kappa shape index (κ2) is 14.9. The van der Waals surface area contributed by atoms with Gasteiger partial charge in [-0.3, -0.25) is 4.99 Å². The summed E-state index contributed by atoms with van der Waals surface area (Å²) in [7, 11) is 0. The molecule has 0 saturated carbocycles. The van der Waals surface area contributed by atoms with Crippen molar-refractivity contribution >= 4 is 29.9 Å². The SMILES string of the molecule is CCNC(=NCC(O)c1ccccc1F)NCCCOCC1CCOCC1.I. The summed E-state index contributed by atoms with van der Waals surface area (Å²) < 4.78 is 24.8. The Morgan fingerprint density at radius 3 is 2.79 bits per heavy atom. The highest BCUT2D eigenvalue weighted by atomic mass is 127. The molecule has 1 saturated heterocycles. The van der Waals surface area contributed by atoms with E-state index in [4.69, 9.17) is 9.47 Å². The first-order chi connectivity index (χ1) is 13.2. The molecule has 3 N–H and O–H groups in total. The van der Waals surface area contributed by atoms with Crippen LogP contribution < -0.4 is 10.6 Å². The molecule has 1 heterocycles. The summed E-state index contributed by atoms with van der Waals surface area (Å²) in [5.41, 5.74) is 0.263. The van der Waals surface area contributed by atoms with Crippen LogP contribution in [0.1, 0.15) is 37.9 Å². The number of aliphatic hydroxyl groups excluding tert-OH is 1. The Bertz CT molecular complexity index is 571. The van der Waals surface area contributed by atoms with Gasteiger partial charge < -0.3 is 25.2 Å². The summed E-state index contributed by atoms with van der Waals surface area (Å²) in [5, 5.41) is 16.5. The van der Waals surface area contributed by atoms with Crippen LogP contribution in [0.2, 0.25) is 0 Å². The lowest BCUT2D eigenvalue weighted by atomic mass is 10.0. The highest BCUT2D eigenvalue weighted by molar-refractivity contribution is 14.0. The second-order valence-electron chi connectivity index (χ2n) is 6.67. The molecule has 0 spiro atoms. The van der Waals surface area contributed by atoms with E-state index in [-0.39, 0.29) is 36.1 Å². The molecule has 160 valence electrons. The minimum Gasteiger partial charge on any atom is -0.386 e. The number of aliphatic hydroxyl groups is 1. The van der Waals surface area contributed by atoms with Crippen LogP contribution in [0, 0.1) is 11.7 Å². The van der Waals surface area contributed by atoms with Gasteiger partial charge in [0, 0.05) is 45.1 Å². The number of hydrogen-bond donors (Lipinski definition) is 3. The standard InChI is InChI=1S/C20H32FN3O3.HI/c1-2-22-20(24-14-19(25)17-6-3-4-7-18(17)21)23-10-5-11-27-15-16-8-12-26-13-9-16;/h3-4,6-7,16,19,25H,2,5,8-15H2,1H3,(H2,22,23,24);1H. The van der Waals surface area contributed by atoms with E-state index in [0.717, 1.165) is 45.6 Å². The van der Waals surface area contributed by atoms with Crippen LogP contribution in [0.3, 0.4) is 0 Å². The number of nitrogens with zero attached hydrogens (tertiary/aromatic N) is 1. The molecule has 0 aliphatic carbocycles. The lowest BCUT2D eigenvalue weighted by Gasteiger charge is -2.21. The molecule has 0 bridgehead atoms. The first-order valence-corrected chi connectivity index (χ1v) is 9.80. The van der Waals surface area contributed by atoms with Gasteiger partial charge in [-0.2, -0.15) is 0 Å². The molecule has 1 unspecified atom stereocenters. The maximum Gasteiger partial charge on any atom is 0.191 e. The zero-order valence-electron chi connectivity index (χ0n) is 16.5. The van der Waals surface area contributed by atoms with Crippen molar-refractivity contribution in [3.05, 3.63) is 35.6 Å². The van der Waals surface area contributed by atoms with Gasteiger partial charge in [0.2, 0.25) is 0 Å². The monoisotopic (exact) mass is 509 g/mol. The summed E-state index contributed by atoms with van der Waals surface area (Å²) in [6.45, 7) is 6.68. The number of benzene rings is 1. The highest BCUT2D eigenvalue weighted by Gasteiger charge is 2.14. The van der Waals surface area contributed by atoms with E-state index >= 15 is 0 Å². The third kappa shape index (κ3) is 9.49. The van der Waals surface area contributed by atoms with E-state index < -0.39 is 11.9 Å². The van der Waals surface area contributed by atoms with E-state index in [9.17, 15) is 9.50 Å². The Kier molecular flexibility index (Phi) is 13.4. The fourth-order valence-corrected chi connectivity index (χ4v) is 2.91. The van der Waals surface area contributed by atoms with Crippen LogP contribution in [0.5, 0.6) is 0 Å². The van der Waals surface area contributed by atoms with Crippen LogP contribution >= 0.6 is 24.0 Å². The Labute approximate surface area is 184 Å². The van der Waals surface area contributed by atoms with Crippen LogP contribution in [0.4, 0.5) is 4.39 Å². The second-order valence-corrected chi connectivity index (χ2v) is 6.67. The third-order valence-electron chi connectivity index (χ3n) is 4.48. The van der Waals surface area contributed by atoms with E-state index in [1.807, 2.05) is 6.92 Å². The van der Waals surface area contributed by atoms with Crippen molar-refractivity contribution in [1.82, 2.24) is 10.6 Å². The van der Waals surface area contributed by atoms with E-state index in [0.29, 0.717) is 25.0 Å². The number of ether oxygens (including phenoxy) is 2. The van der Waals surface area contributed by atoms with Crippen molar-refractivity contribution in [3.63, 3.8) is 0 Å². The fourth-order valence-electron chi connectivity index (χ4n) is 2.91. The molecule has 1 fully saturated rings. The van der Waals surface area contributed by atoms with E-state index in [1.54, 1.807) is 18.2 Å². The van der Waals surface area contributed by atoms with Crippen LogP contribution in [-0.4, -0.2) is 57.1 Å². The first kappa shape index (κ1) is 25.1. The Hall–Kier alpha value is -0.970. The number of hydrogen-bond acceptors (Lipinski definition) is 4. The molecule has 1 atom stereocenters. The van der Waals surface area contributed by atoms with Gasteiger partial charge in [0.25, 0.3) is 0 Å². The van der Waals surface area contributed by atoms with Gasteiger partial charge in [-0.1, -0.05) is 18.2 Å². The van der Waals surface area contributed by atoms with Gasteiger partial charge >= 0.3 is 0 Å². The highest BCUT2D eigenvalue weighted by Crippen LogP contribution is 2.16. The molecule has 2 rings (SSSR count). The molecule has 1 aromatic carbocycles. The molecule has 1 aromatic rings. The predicted octanol–water partition coefficient (Wildman–Crippen LogP) is 2.87. The molecule has 0 radical (unpaired) electrons. The Balaban J connectivity index is 0.00000392. The molecule has 1 aliphatic rings. The quantitative estimate of drug-likeness (QED) is 0.196. The number of halogens is 2. The van der Waals surface area contributed by atoms with E-state index in [1.165, 1.54) is 6.07 Å². The first-order valence-electron chi connectivity index (χ1n) is 9.80. The molecule has 1 aliphatic heterocycles. The van der Waals surface area contributed by atoms with Gasteiger partial charge in [0.1, 0.15) is 11.9 Å². The number of nitrogens with one attached hydrogen (secondary N) is 2. The lowest BCUT2D eigenvalue weighted by molar-refractivity contribution is 0.0203. The minimum atomic E-state index is -0.968. The maximum atomic E-state index is 13.7. The summed E-state index contributed by atoms with van der Waals surface area (Å²) >= 11 is 0. The van der Waals surface area contributed by atoms with Crippen molar-refractivity contribution in [1.29, 1.82) is 0 Å². The summed E-state index contributed by atoms with van der Waals surface area (Å²) in [6, 6.07) is 6.22. The Morgan fingerprint density at radius 2 is 2.07 bits per heavy atom. The summed E-state index contributed by atoms with van der Waals surface area (Å²) in [4.78, 5) is 4.35. The van der Waals surface area contributed by atoms with Gasteiger partial charge in [0.05, 0.1) is 6.54 Å². The van der Waals surface area contributed by atoms with Crippen molar-refractivity contribution < 1.29 is 19.0 Å². The zero-order chi connectivity index (χ0) is 19.3. The van der Waals surface area contributed by atoms with Crippen LogP contribution in [-0.2, 0) is 9.47 Å². The molecule has 0 amide bonds. The number of aliphatic imine (C=N–C) groups is 1. The van der Waals surface area contributed by atoms with Gasteiger partial charge in [-0.15, -0.1) is 24.0 Å². The smallest absolute Gasteiger partial charge is 0.191 e. The topological polar surface area (TPSA) is 75.1 Å². The molecular formula is C20H33FIN3O3. The van der Waals surface area contributed by atoms with Crippen molar-refractivity contribution in [3.8, 4) is 0 Å². The predicted molar refractivity (Wildman–Crippen MR) is 120 cm³/mol. The van der Waals surface area contributed by atoms with Gasteiger partial charge in [-0.05, 0) is 38.2 Å². The molecule has 28 heavy (non-hydrogen) atoms. The summed E-state index contributed by atoms with van der Waals surface area (Å²) in [6.07, 6.45) is 2.06. The van der Waals surface area contributed by atoms with Gasteiger partial charge in [0.15, 0.2) is 5.96 Å².